The first-order valence-electron chi connectivity index (χ1n) is 6.99. The van der Waals surface area contributed by atoms with Gasteiger partial charge < -0.3 is 16.0 Å². The summed E-state index contributed by atoms with van der Waals surface area (Å²) in [6.07, 6.45) is 2.34. The van der Waals surface area contributed by atoms with Crippen molar-refractivity contribution in [2.75, 3.05) is 26.2 Å². The summed E-state index contributed by atoms with van der Waals surface area (Å²) in [6, 6.07) is 3.32. The molecule has 4 nitrogen and oxygen atoms in total. The molecule has 0 bridgehead atoms. The van der Waals surface area contributed by atoms with Crippen LogP contribution in [0.25, 0.3) is 0 Å². The lowest BCUT2D eigenvalue weighted by molar-refractivity contribution is -0.122. The topological polar surface area (TPSA) is 58.4 Å². The second kappa shape index (κ2) is 7.03. The molecule has 1 atom stereocenters. The Morgan fingerprint density at radius 3 is 2.89 bits per heavy atom. The number of piperidine rings is 1. The molecule has 1 aliphatic rings. The van der Waals surface area contributed by atoms with Gasteiger partial charge in [0.25, 0.3) is 0 Å². The van der Waals surface area contributed by atoms with Gasteiger partial charge in [0.1, 0.15) is 6.04 Å². The lowest BCUT2D eigenvalue weighted by Gasteiger charge is -2.31. The van der Waals surface area contributed by atoms with E-state index in [2.05, 4.69) is 17.1 Å². The van der Waals surface area contributed by atoms with Gasteiger partial charge in [-0.05, 0) is 49.8 Å². The summed E-state index contributed by atoms with van der Waals surface area (Å²) < 4.78 is 0. The maximum absolute atomic E-state index is 12.0. The molecule has 1 amide bonds. The number of amides is 1. The van der Waals surface area contributed by atoms with E-state index in [1.807, 2.05) is 17.5 Å². The van der Waals surface area contributed by atoms with Crippen molar-refractivity contribution in [3.63, 3.8) is 0 Å². The predicted octanol–water partition coefficient (Wildman–Crippen LogP) is 1.60. The van der Waals surface area contributed by atoms with Crippen LogP contribution in [0.2, 0.25) is 0 Å². The minimum absolute atomic E-state index is 0.0552. The molecule has 0 radical (unpaired) electrons. The van der Waals surface area contributed by atoms with Crippen molar-refractivity contribution >= 4 is 17.2 Å². The van der Waals surface area contributed by atoms with Gasteiger partial charge in [-0.15, -0.1) is 11.3 Å². The van der Waals surface area contributed by atoms with E-state index in [1.165, 1.54) is 24.2 Å². The minimum atomic E-state index is -0.518. The van der Waals surface area contributed by atoms with Crippen molar-refractivity contribution < 1.29 is 4.79 Å². The standard InChI is InChI=1S/C14H23N3OS/c1-2-17-7-5-11(6-8-17)10-16-14(18)13(15)12-4-3-9-19-12/h3-4,9,11,13H,2,5-8,10,15H2,1H3,(H,16,18). The Hall–Kier alpha value is -0.910. The fourth-order valence-corrected chi connectivity index (χ4v) is 3.18. The number of rotatable bonds is 5. The van der Waals surface area contributed by atoms with Crippen molar-refractivity contribution in [3.8, 4) is 0 Å². The third kappa shape index (κ3) is 4.03. The number of hydrogen-bond donors (Lipinski definition) is 2. The lowest BCUT2D eigenvalue weighted by Crippen LogP contribution is -2.40. The Labute approximate surface area is 119 Å². The van der Waals surface area contributed by atoms with E-state index in [4.69, 9.17) is 5.73 Å². The van der Waals surface area contributed by atoms with Crippen LogP contribution in [0.1, 0.15) is 30.7 Å². The number of nitrogens with zero attached hydrogens (tertiary/aromatic N) is 1. The van der Waals surface area contributed by atoms with E-state index in [-0.39, 0.29) is 5.91 Å². The molecule has 1 aliphatic heterocycles. The first-order chi connectivity index (χ1) is 9.20. The van der Waals surface area contributed by atoms with E-state index in [0.29, 0.717) is 5.92 Å². The number of nitrogens with one attached hydrogen (secondary N) is 1. The van der Waals surface area contributed by atoms with Crippen LogP contribution < -0.4 is 11.1 Å². The number of likely N-dealkylation sites (tertiary alicyclic amines) is 1. The highest BCUT2D eigenvalue weighted by atomic mass is 32.1. The highest BCUT2D eigenvalue weighted by Crippen LogP contribution is 2.18. The van der Waals surface area contributed by atoms with Crippen LogP contribution in [0.5, 0.6) is 0 Å². The summed E-state index contributed by atoms with van der Waals surface area (Å²) in [5.74, 6) is 0.544. The molecule has 106 valence electrons. The summed E-state index contributed by atoms with van der Waals surface area (Å²) in [5.41, 5.74) is 5.93. The molecule has 1 aromatic heterocycles. The summed E-state index contributed by atoms with van der Waals surface area (Å²) in [5, 5.41) is 4.94. The maximum Gasteiger partial charge on any atom is 0.242 e. The lowest BCUT2D eigenvalue weighted by atomic mass is 9.97. The molecular formula is C14H23N3OS. The van der Waals surface area contributed by atoms with E-state index in [1.54, 1.807) is 0 Å². The van der Waals surface area contributed by atoms with E-state index >= 15 is 0 Å². The zero-order chi connectivity index (χ0) is 13.7. The van der Waals surface area contributed by atoms with Gasteiger partial charge >= 0.3 is 0 Å². The molecule has 2 heterocycles. The van der Waals surface area contributed by atoms with E-state index in [9.17, 15) is 4.79 Å². The van der Waals surface area contributed by atoms with Gasteiger partial charge in [-0.1, -0.05) is 13.0 Å². The molecule has 19 heavy (non-hydrogen) atoms. The number of carbonyl (C=O) groups excluding carboxylic acids is 1. The molecule has 1 fully saturated rings. The Balaban J connectivity index is 1.72. The van der Waals surface area contributed by atoms with Gasteiger partial charge in [0, 0.05) is 11.4 Å². The SMILES string of the molecule is CCN1CCC(CNC(=O)C(N)c2cccs2)CC1. The van der Waals surface area contributed by atoms with E-state index < -0.39 is 6.04 Å². The van der Waals surface area contributed by atoms with Crippen molar-refractivity contribution in [2.24, 2.45) is 11.7 Å². The Morgan fingerprint density at radius 2 is 2.32 bits per heavy atom. The summed E-state index contributed by atoms with van der Waals surface area (Å²) >= 11 is 1.53. The number of hydrogen-bond acceptors (Lipinski definition) is 4. The van der Waals surface area contributed by atoms with Gasteiger partial charge in [-0.2, -0.15) is 0 Å². The molecule has 1 aromatic rings. The quantitative estimate of drug-likeness (QED) is 0.862. The van der Waals surface area contributed by atoms with Crippen LogP contribution in [0.4, 0.5) is 0 Å². The van der Waals surface area contributed by atoms with Crippen LogP contribution >= 0.6 is 11.3 Å². The fraction of sp³-hybridized carbons (Fsp3) is 0.643. The molecule has 0 aliphatic carbocycles. The highest BCUT2D eigenvalue weighted by Gasteiger charge is 2.21. The molecule has 0 saturated carbocycles. The van der Waals surface area contributed by atoms with Gasteiger partial charge in [0.15, 0.2) is 0 Å². The summed E-state index contributed by atoms with van der Waals surface area (Å²) in [6.45, 7) is 6.38. The zero-order valence-electron chi connectivity index (χ0n) is 11.5. The van der Waals surface area contributed by atoms with Crippen LogP contribution in [0, 0.1) is 5.92 Å². The smallest absolute Gasteiger partial charge is 0.242 e. The van der Waals surface area contributed by atoms with Gasteiger partial charge in [-0.25, -0.2) is 0 Å². The number of nitrogens with two attached hydrogens (primary N) is 1. The molecule has 1 saturated heterocycles. The van der Waals surface area contributed by atoms with Crippen molar-refractivity contribution in [3.05, 3.63) is 22.4 Å². The Morgan fingerprint density at radius 1 is 1.58 bits per heavy atom. The Kier molecular flexibility index (Phi) is 5.36. The molecular weight excluding hydrogens is 258 g/mol. The van der Waals surface area contributed by atoms with Crippen LogP contribution in [-0.2, 0) is 4.79 Å². The second-order valence-electron chi connectivity index (χ2n) is 5.12. The second-order valence-corrected chi connectivity index (χ2v) is 6.10. The molecule has 3 N–H and O–H groups in total. The molecule has 1 unspecified atom stereocenters. The Bertz CT molecular complexity index is 385. The van der Waals surface area contributed by atoms with E-state index in [0.717, 1.165) is 31.1 Å². The first kappa shape index (κ1) is 14.5. The molecule has 5 heteroatoms. The third-order valence-corrected chi connectivity index (χ3v) is 4.81. The average molecular weight is 281 g/mol. The van der Waals surface area contributed by atoms with Gasteiger partial charge in [0.2, 0.25) is 5.91 Å². The maximum atomic E-state index is 12.0. The number of carbonyl (C=O) groups is 1. The molecule has 2 rings (SSSR count). The highest BCUT2D eigenvalue weighted by molar-refractivity contribution is 7.10. The molecule has 0 spiro atoms. The average Bonchev–Trinajstić information content (AvgIpc) is 2.98. The largest absolute Gasteiger partial charge is 0.354 e. The normalized spacial score (nSPS) is 19.3. The minimum Gasteiger partial charge on any atom is -0.354 e. The number of thiophene rings is 1. The van der Waals surface area contributed by atoms with Crippen molar-refractivity contribution in [1.29, 1.82) is 0 Å². The van der Waals surface area contributed by atoms with Crippen LogP contribution in [0.3, 0.4) is 0 Å². The monoisotopic (exact) mass is 281 g/mol. The zero-order valence-corrected chi connectivity index (χ0v) is 12.3. The third-order valence-electron chi connectivity index (χ3n) is 3.85. The molecule has 0 aromatic carbocycles. The van der Waals surface area contributed by atoms with Gasteiger partial charge in [0.05, 0.1) is 0 Å². The summed E-state index contributed by atoms with van der Waals surface area (Å²) in [4.78, 5) is 15.3. The summed E-state index contributed by atoms with van der Waals surface area (Å²) in [7, 11) is 0. The van der Waals surface area contributed by atoms with Gasteiger partial charge in [-0.3, -0.25) is 4.79 Å². The predicted molar refractivity (Wildman–Crippen MR) is 79.1 cm³/mol. The first-order valence-corrected chi connectivity index (χ1v) is 7.87. The van der Waals surface area contributed by atoms with Crippen molar-refractivity contribution in [2.45, 2.75) is 25.8 Å². The fourth-order valence-electron chi connectivity index (χ4n) is 2.46. The van der Waals surface area contributed by atoms with Crippen molar-refractivity contribution in [1.82, 2.24) is 10.2 Å². The van der Waals surface area contributed by atoms with Crippen LogP contribution in [0.15, 0.2) is 17.5 Å². The van der Waals surface area contributed by atoms with Crippen LogP contribution in [-0.4, -0.2) is 37.0 Å².